The van der Waals surface area contributed by atoms with E-state index >= 15 is 0 Å². The van der Waals surface area contributed by atoms with Crippen LogP contribution in [0.15, 0.2) is 65.5 Å². The number of amides is 1. The zero-order valence-electron chi connectivity index (χ0n) is 23.5. The highest BCUT2D eigenvalue weighted by Gasteiger charge is 2.37. The van der Waals surface area contributed by atoms with Crippen molar-refractivity contribution in [1.82, 2.24) is 9.47 Å². The summed E-state index contributed by atoms with van der Waals surface area (Å²) in [7, 11) is 2.73. The van der Waals surface area contributed by atoms with Crippen LogP contribution in [-0.4, -0.2) is 49.4 Å². The van der Waals surface area contributed by atoms with Crippen LogP contribution in [0.2, 0.25) is 0 Å². The van der Waals surface area contributed by atoms with E-state index in [1.165, 1.54) is 18.7 Å². The van der Waals surface area contributed by atoms with E-state index in [0.29, 0.717) is 46.7 Å². The van der Waals surface area contributed by atoms with Crippen LogP contribution in [0.3, 0.4) is 0 Å². The molecule has 0 aliphatic carbocycles. The van der Waals surface area contributed by atoms with Crippen molar-refractivity contribution in [2.75, 3.05) is 34.0 Å². The first-order chi connectivity index (χ1) is 20.8. The van der Waals surface area contributed by atoms with Gasteiger partial charge in [-0.05, 0) is 47.5 Å². The van der Waals surface area contributed by atoms with Crippen LogP contribution in [0.1, 0.15) is 27.0 Å². The molecule has 0 N–H and O–H groups in total. The minimum atomic E-state index is -5.05. The van der Waals surface area contributed by atoms with Crippen LogP contribution in [0.5, 0.6) is 11.5 Å². The molecule has 0 saturated carbocycles. The van der Waals surface area contributed by atoms with Gasteiger partial charge in [-0.15, -0.1) is 0 Å². The number of hydrogen-bond donors (Lipinski definition) is 0. The Morgan fingerprint density at radius 1 is 0.955 bits per heavy atom. The summed E-state index contributed by atoms with van der Waals surface area (Å²) in [5, 5.41) is 0.492. The fraction of sp³-hybridized carbons (Fsp3) is 0.290. The lowest BCUT2D eigenvalue weighted by Crippen LogP contribution is -2.37. The van der Waals surface area contributed by atoms with Gasteiger partial charge in [-0.3, -0.25) is 9.59 Å². The second-order valence-electron chi connectivity index (χ2n) is 10.2. The number of alkyl halides is 6. The lowest BCUT2D eigenvalue weighted by Gasteiger charge is -2.25. The number of para-hydroxylation sites is 1. The minimum absolute atomic E-state index is 0.0191. The molecule has 1 amide bonds. The monoisotopic (exact) mass is 620 g/mol. The summed E-state index contributed by atoms with van der Waals surface area (Å²) in [6, 6.07) is 12.9. The maximum absolute atomic E-state index is 14.0. The molecule has 44 heavy (non-hydrogen) atoms. The molecular weight excluding hydrogens is 594 g/mol. The minimum Gasteiger partial charge on any atom is -0.491 e. The van der Waals surface area contributed by atoms with Crippen molar-refractivity contribution in [3.8, 4) is 22.6 Å². The van der Waals surface area contributed by atoms with Gasteiger partial charge in [0.25, 0.3) is 11.5 Å². The van der Waals surface area contributed by atoms with E-state index in [9.17, 15) is 35.9 Å². The number of nitrogens with zero attached hydrogens (tertiary/aromatic N) is 2. The first kappa shape index (κ1) is 30.9. The molecule has 0 bridgehead atoms. The molecule has 0 fully saturated rings. The number of halogens is 6. The highest BCUT2D eigenvalue weighted by atomic mass is 19.4. The van der Waals surface area contributed by atoms with E-state index in [1.807, 2.05) is 0 Å². The van der Waals surface area contributed by atoms with Crippen molar-refractivity contribution in [1.29, 1.82) is 0 Å². The number of pyridine rings is 1. The molecule has 1 aliphatic heterocycles. The Morgan fingerprint density at radius 2 is 1.64 bits per heavy atom. The van der Waals surface area contributed by atoms with E-state index < -0.39 is 47.1 Å². The molecule has 0 saturated heterocycles. The van der Waals surface area contributed by atoms with Crippen LogP contribution >= 0.6 is 0 Å². The summed E-state index contributed by atoms with van der Waals surface area (Å²) in [5.41, 5.74) is -3.27. The Kier molecular flexibility index (Phi) is 8.34. The summed E-state index contributed by atoms with van der Waals surface area (Å²) in [6.45, 7) is 0.184. The summed E-state index contributed by atoms with van der Waals surface area (Å²) < 4.78 is 98.7. The van der Waals surface area contributed by atoms with Gasteiger partial charge in [-0.1, -0.05) is 24.3 Å². The second kappa shape index (κ2) is 11.9. The standard InChI is InChI=1S/C31H26F6N2O5/c1-38(17-18-13-20(30(32,33)34)16-21(14-18)31(35,36)37)28(40)26-25(19-5-3-6-22(15-19)43-12-11-42-2)23-7-4-8-24-27(23)39(29(26)41)9-10-44-24/h3-8,13-16H,9-12,17H2,1-2H3. The van der Waals surface area contributed by atoms with Crippen molar-refractivity contribution in [2.24, 2.45) is 0 Å². The summed E-state index contributed by atoms with van der Waals surface area (Å²) in [4.78, 5) is 28.9. The Bertz CT molecular complexity index is 1750. The Labute approximate surface area is 247 Å². The molecule has 4 aromatic rings. The molecule has 0 atom stereocenters. The lowest BCUT2D eigenvalue weighted by molar-refractivity contribution is -0.143. The first-order valence-electron chi connectivity index (χ1n) is 13.4. The van der Waals surface area contributed by atoms with E-state index in [-0.39, 0.29) is 37.0 Å². The Balaban J connectivity index is 1.65. The number of benzene rings is 3. The van der Waals surface area contributed by atoms with Crippen LogP contribution in [0, 0.1) is 0 Å². The number of carbonyl (C=O) groups excluding carboxylic acids is 1. The number of rotatable bonds is 8. The smallest absolute Gasteiger partial charge is 0.416 e. The quantitative estimate of drug-likeness (QED) is 0.169. The normalized spacial score (nSPS) is 13.1. The summed E-state index contributed by atoms with van der Waals surface area (Å²) in [6.07, 6.45) is -10.1. The molecule has 0 unspecified atom stereocenters. The number of ether oxygens (including phenoxy) is 3. The third kappa shape index (κ3) is 6.09. The fourth-order valence-corrected chi connectivity index (χ4v) is 5.19. The van der Waals surface area contributed by atoms with Gasteiger partial charge in [0.1, 0.15) is 30.3 Å². The third-order valence-corrected chi connectivity index (χ3v) is 7.13. The van der Waals surface area contributed by atoms with Gasteiger partial charge >= 0.3 is 12.4 Å². The molecule has 3 aromatic carbocycles. The maximum atomic E-state index is 14.0. The summed E-state index contributed by atoms with van der Waals surface area (Å²) in [5.74, 6) is -0.0356. The van der Waals surface area contributed by atoms with Crippen LogP contribution < -0.4 is 15.0 Å². The average Bonchev–Trinajstić information content (AvgIpc) is 2.97. The van der Waals surface area contributed by atoms with E-state index in [0.717, 1.165) is 4.90 Å². The van der Waals surface area contributed by atoms with Gasteiger partial charge in [0.2, 0.25) is 0 Å². The molecule has 13 heteroatoms. The molecule has 0 spiro atoms. The zero-order valence-corrected chi connectivity index (χ0v) is 23.5. The maximum Gasteiger partial charge on any atom is 0.416 e. The van der Waals surface area contributed by atoms with Crippen LogP contribution in [0.25, 0.3) is 22.0 Å². The van der Waals surface area contributed by atoms with Gasteiger partial charge in [0.05, 0.1) is 29.8 Å². The molecule has 232 valence electrons. The van der Waals surface area contributed by atoms with E-state index in [2.05, 4.69) is 0 Å². The second-order valence-corrected chi connectivity index (χ2v) is 10.2. The topological polar surface area (TPSA) is 70.0 Å². The van der Waals surface area contributed by atoms with Crippen molar-refractivity contribution in [3.05, 3.63) is 93.3 Å². The Hall–Kier alpha value is -4.52. The molecule has 1 aromatic heterocycles. The van der Waals surface area contributed by atoms with Crippen molar-refractivity contribution in [2.45, 2.75) is 25.4 Å². The fourth-order valence-electron chi connectivity index (χ4n) is 5.19. The lowest BCUT2D eigenvalue weighted by atomic mass is 9.94. The third-order valence-electron chi connectivity index (χ3n) is 7.13. The number of aromatic nitrogens is 1. The predicted octanol–water partition coefficient (Wildman–Crippen LogP) is 6.40. The average molecular weight is 621 g/mol. The van der Waals surface area contributed by atoms with Crippen molar-refractivity contribution in [3.63, 3.8) is 0 Å². The number of methoxy groups -OCH3 is 1. The van der Waals surface area contributed by atoms with E-state index in [1.54, 1.807) is 42.5 Å². The predicted molar refractivity (Wildman–Crippen MR) is 149 cm³/mol. The van der Waals surface area contributed by atoms with Crippen LogP contribution in [0.4, 0.5) is 26.3 Å². The molecule has 5 rings (SSSR count). The van der Waals surface area contributed by atoms with Crippen molar-refractivity contribution >= 4 is 16.8 Å². The van der Waals surface area contributed by atoms with Gasteiger partial charge in [0, 0.05) is 31.7 Å². The highest BCUT2D eigenvalue weighted by molar-refractivity contribution is 6.10. The van der Waals surface area contributed by atoms with Gasteiger partial charge in [-0.2, -0.15) is 26.3 Å². The summed E-state index contributed by atoms with van der Waals surface area (Å²) >= 11 is 0. The van der Waals surface area contributed by atoms with Crippen molar-refractivity contribution < 1.29 is 45.3 Å². The highest BCUT2D eigenvalue weighted by Crippen LogP contribution is 2.39. The largest absolute Gasteiger partial charge is 0.491 e. The molecule has 1 aliphatic rings. The SMILES string of the molecule is COCCOc1cccc(-c2c(C(=O)N(C)Cc3cc(C(F)(F)F)cc(C(F)(F)F)c3)c(=O)n3c4c(cccc24)OCC3)c1. The Morgan fingerprint density at radius 3 is 2.30 bits per heavy atom. The first-order valence-corrected chi connectivity index (χ1v) is 13.4. The van der Waals surface area contributed by atoms with Gasteiger partial charge in [0.15, 0.2) is 0 Å². The molecule has 2 heterocycles. The molecule has 0 radical (unpaired) electrons. The van der Waals surface area contributed by atoms with Gasteiger partial charge < -0.3 is 23.7 Å². The number of carbonyl (C=O) groups is 1. The molecule has 7 nitrogen and oxygen atoms in total. The van der Waals surface area contributed by atoms with E-state index in [4.69, 9.17) is 14.2 Å². The molecular formula is C31H26F6N2O5. The van der Waals surface area contributed by atoms with Crippen LogP contribution in [-0.2, 0) is 30.2 Å². The number of hydrogen-bond acceptors (Lipinski definition) is 5. The zero-order chi connectivity index (χ0) is 31.8. The van der Waals surface area contributed by atoms with Gasteiger partial charge in [-0.25, -0.2) is 0 Å².